The Hall–Kier alpha value is -1.73. The summed E-state index contributed by atoms with van der Waals surface area (Å²) in [6.45, 7) is 0.482. The van der Waals surface area contributed by atoms with Crippen molar-refractivity contribution in [2.24, 2.45) is 11.5 Å². The number of guanidine groups is 1. The van der Waals surface area contributed by atoms with Gasteiger partial charge in [-0.1, -0.05) is 0 Å². The molecule has 1 fully saturated rings. The molecule has 7 atom stereocenters. The van der Waals surface area contributed by atoms with Crippen molar-refractivity contribution in [2.45, 2.75) is 55.5 Å². The molecule has 0 aromatic carbocycles. The lowest BCUT2D eigenvalue weighted by Gasteiger charge is -2.42. The van der Waals surface area contributed by atoms with Crippen LogP contribution >= 0.6 is 7.82 Å². The number of phosphoric acid groups is 1. The summed E-state index contributed by atoms with van der Waals surface area (Å²) in [5.41, 5.74) is 10.2. The zero-order valence-corrected chi connectivity index (χ0v) is 17.8. The number of phosphoric ester groups is 1. The van der Waals surface area contributed by atoms with Crippen molar-refractivity contribution in [2.75, 3.05) is 6.54 Å². The number of nitrogens with one attached hydrogen (secondary N) is 2. The first-order chi connectivity index (χ1) is 14.1. The Morgan fingerprint density at radius 3 is 2.00 bits per heavy atom. The SMILES string of the molecule is N=C(N)NCCCC(N)C(=O)O.O=[Si](O)O[C@H]1[C@@H](O)[C@@H](O)[C@H](O)[C@@H](O)[C@@H]1OP(=O)(O)O. The molecule has 0 aliphatic heterocycles. The fraction of sp³-hybridized carbons (Fsp3) is 0.833. The van der Waals surface area contributed by atoms with Gasteiger partial charge in [0.05, 0.1) is 0 Å². The highest BCUT2D eigenvalue weighted by atomic mass is 31.2. The minimum atomic E-state index is -5.14. The van der Waals surface area contributed by atoms with E-state index in [0.717, 1.165) is 0 Å². The van der Waals surface area contributed by atoms with Crippen molar-refractivity contribution in [3.05, 3.63) is 0 Å². The van der Waals surface area contributed by atoms with E-state index in [1.165, 1.54) is 0 Å². The summed E-state index contributed by atoms with van der Waals surface area (Å²) in [7, 11) is -8.81. The summed E-state index contributed by atoms with van der Waals surface area (Å²) in [6.07, 6.45) is -10.9. The van der Waals surface area contributed by atoms with E-state index in [9.17, 15) is 34.2 Å². The molecule has 31 heavy (non-hydrogen) atoms. The predicted molar refractivity (Wildman–Crippen MR) is 99.2 cm³/mol. The van der Waals surface area contributed by atoms with Crippen LogP contribution in [0.25, 0.3) is 0 Å². The van der Waals surface area contributed by atoms with Gasteiger partial charge in [-0.15, -0.1) is 0 Å². The molecule has 0 saturated heterocycles. The number of carboxylic acid groups (broad SMARTS) is 1. The van der Waals surface area contributed by atoms with Crippen LogP contribution in [0.3, 0.4) is 0 Å². The maximum atomic E-state index is 10.7. The molecular weight excluding hydrogens is 467 g/mol. The Bertz CT molecular complexity index is 666. The summed E-state index contributed by atoms with van der Waals surface area (Å²) in [6, 6.07) is -0.821. The number of aliphatic carboxylic acids is 1. The monoisotopic (exact) mass is 494 g/mol. The van der Waals surface area contributed by atoms with Gasteiger partial charge < -0.3 is 61.3 Å². The molecule has 0 amide bonds. The molecule has 0 bridgehead atoms. The summed E-state index contributed by atoms with van der Waals surface area (Å²) in [4.78, 5) is 36.1. The Morgan fingerprint density at radius 1 is 1.13 bits per heavy atom. The van der Waals surface area contributed by atoms with Crippen LogP contribution in [0, 0.1) is 5.41 Å². The third kappa shape index (κ3) is 10.9. The fourth-order valence-corrected chi connectivity index (χ4v) is 3.45. The van der Waals surface area contributed by atoms with E-state index in [-0.39, 0.29) is 5.96 Å². The fourth-order valence-electron chi connectivity index (χ4n) is 2.38. The molecule has 19 heteroatoms. The Balaban J connectivity index is 0.000000649. The number of aliphatic hydroxyl groups excluding tert-OH is 4. The molecular formula is C12H27N4O13PSi. The van der Waals surface area contributed by atoms with Gasteiger partial charge in [0.25, 0.3) is 0 Å². The van der Waals surface area contributed by atoms with Crippen LogP contribution in [0.2, 0.25) is 0 Å². The lowest BCUT2D eigenvalue weighted by Crippen LogP contribution is -2.65. The van der Waals surface area contributed by atoms with E-state index in [0.29, 0.717) is 19.4 Å². The van der Waals surface area contributed by atoms with Crippen LogP contribution < -0.4 is 16.8 Å². The van der Waals surface area contributed by atoms with Gasteiger partial charge in [0.15, 0.2) is 5.96 Å². The lowest BCUT2D eigenvalue weighted by atomic mass is 9.85. The summed E-state index contributed by atoms with van der Waals surface area (Å²) in [5, 5.41) is 55.5. The maximum absolute atomic E-state index is 10.7. The van der Waals surface area contributed by atoms with Crippen molar-refractivity contribution in [3.8, 4) is 0 Å². The zero-order chi connectivity index (χ0) is 24.5. The quantitative estimate of drug-likeness (QED) is 0.0467. The number of carbonyl (C=O) groups is 1. The van der Waals surface area contributed by atoms with E-state index in [1.807, 2.05) is 0 Å². The first kappa shape index (κ1) is 29.3. The Morgan fingerprint density at radius 2 is 1.61 bits per heavy atom. The van der Waals surface area contributed by atoms with Crippen LogP contribution in [0.1, 0.15) is 12.8 Å². The van der Waals surface area contributed by atoms with Crippen LogP contribution in [0.4, 0.5) is 0 Å². The second-order valence-corrected chi connectivity index (χ2v) is 8.26. The van der Waals surface area contributed by atoms with Crippen LogP contribution in [0.15, 0.2) is 0 Å². The molecule has 182 valence electrons. The summed E-state index contributed by atoms with van der Waals surface area (Å²) in [5.74, 6) is -1.11. The normalized spacial score (nSPS) is 29.1. The number of carboxylic acids is 1. The second kappa shape index (κ2) is 13.0. The van der Waals surface area contributed by atoms with Crippen LogP contribution in [-0.2, 0) is 22.8 Å². The number of hydrogen-bond donors (Lipinski definition) is 12. The first-order valence-corrected chi connectivity index (χ1v) is 11.3. The highest BCUT2D eigenvalue weighted by Gasteiger charge is 2.53. The average Bonchev–Trinajstić information content (AvgIpc) is 2.63. The Kier molecular flexibility index (Phi) is 12.2. The van der Waals surface area contributed by atoms with Gasteiger partial charge in [-0.25, -0.2) is 4.57 Å². The lowest BCUT2D eigenvalue weighted by molar-refractivity contribution is -0.216. The molecule has 1 aliphatic rings. The molecule has 1 rings (SSSR count). The standard InChI is InChI=1S/C6H14N4O2.C6H13O11PSi/c7-4(5(11)12)2-1-3-10-6(8)9;7-1-2(8)4(10)6(17-19(14)15)5(3(1)9)16-18(11,12)13/h4H,1-3,7H2,(H,11,12)(H4,8,9,10);1-10,14H,(H2,11,12,13)/t;1-,2-,3+,4-,5-,6-/m.0/s1. The van der Waals surface area contributed by atoms with E-state index in [4.69, 9.17) is 36.6 Å². The van der Waals surface area contributed by atoms with Crippen LogP contribution in [0.5, 0.6) is 0 Å². The van der Waals surface area contributed by atoms with Gasteiger partial charge in [0, 0.05) is 6.54 Å². The third-order valence-electron chi connectivity index (χ3n) is 3.87. The molecule has 1 unspecified atom stereocenters. The first-order valence-electron chi connectivity index (χ1n) is 8.50. The molecule has 1 saturated carbocycles. The zero-order valence-electron chi connectivity index (χ0n) is 15.9. The van der Waals surface area contributed by atoms with E-state index in [1.54, 1.807) is 0 Å². The van der Waals surface area contributed by atoms with Gasteiger partial charge >= 0.3 is 23.0 Å². The van der Waals surface area contributed by atoms with Crippen molar-refractivity contribution < 1.29 is 62.9 Å². The molecule has 0 aromatic heterocycles. The number of hydrogen-bond acceptors (Lipinski definition) is 11. The maximum Gasteiger partial charge on any atom is 0.765 e. The number of rotatable bonds is 9. The highest BCUT2D eigenvalue weighted by Crippen LogP contribution is 2.41. The van der Waals surface area contributed by atoms with Gasteiger partial charge in [0.1, 0.15) is 42.7 Å². The van der Waals surface area contributed by atoms with Crippen molar-refractivity contribution >= 4 is 28.9 Å². The smallest absolute Gasteiger partial charge is 0.511 e. The van der Waals surface area contributed by atoms with Crippen molar-refractivity contribution in [1.29, 1.82) is 5.41 Å². The third-order valence-corrected chi connectivity index (χ3v) is 4.86. The van der Waals surface area contributed by atoms with Gasteiger partial charge in [-0.3, -0.25) is 19.2 Å². The highest BCUT2D eigenvalue weighted by molar-refractivity contribution is 7.46. The predicted octanol–water partition coefficient (Wildman–Crippen LogP) is -5.62. The van der Waals surface area contributed by atoms with Gasteiger partial charge in [-0.05, 0) is 12.8 Å². The Labute approximate surface area is 176 Å². The van der Waals surface area contributed by atoms with Crippen molar-refractivity contribution in [3.63, 3.8) is 0 Å². The second-order valence-electron chi connectivity index (χ2n) is 6.30. The minimum absolute atomic E-state index is 0.112. The number of nitrogens with two attached hydrogens (primary N) is 2. The number of aliphatic hydroxyl groups is 4. The minimum Gasteiger partial charge on any atom is -0.511 e. The molecule has 1 aliphatic carbocycles. The van der Waals surface area contributed by atoms with Gasteiger partial charge in [-0.2, -0.15) is 0 Å². The molecule has 0 aromatic rings. The average molecular weight is 494 g/mol. The molecule has 0 spiro atoms. The van der Waals surface area contributed by atoms with E-state index in [2.05, 4.69) is 14.3 Å². The van der Waals surface area contributed by atoms with Gasteiger partial charge in [0.2, 0.25) is 0 Å². The van der Waals surface area contributed by atoms with E-state index >= 15 is 0 Å². The summed E-state index contributed by atoms with van der Waals surface area (Å²) < 4.78 is 29.7. The topological polar surface area (TPSA) is 319 Å². The molecule has 0 heterocycles. The van der Waals surface area contributed by atoms with E-state index < -0.39 is 65.6 Å². The molecule has 17 nitrogen and oxygen atoms in total. The molecule has 14 N–H and O–H groups in total. The van der Waals surface area contributed by atoms with Crippen LogP contribution in [-0.4, -0.2) is 110 Å². The van der Waals surface area contributed by atoms with Crippen molar-refractivity contribution in [1.82, 2.24) is 5.32 Å². The molecule has 0 radical (unpaired) electrons. The largest absolute Gasteiger partial charge is 0.765 e. The summed E-state index contributed by atoms with van der Waals surface area (Å²) >= 11 is 0.